The first-order chi connectivity index (χ1) is 9.03. The van der Waals surface area contributed by atoms with Crippen LogP contribution in [-0.2, 0) is 0 Å². The maximum absolute atomic E-state index is 12.3. The lowest BCUT2D eigenvalue weighted by Gasteiger charge is -2.14. The molecule has 0 radical (unpaired) electrons. The Bertz CT molecular complexity index is 489. The fourth-order valence-electron chi connectivity index (χ4n) is 1.88. The smallest absolute Gasteiger partial charge is 0.183 e. The molecule has 0 heterocycles. The van der Waals surface area contributed by atoms with Crippen molar-refractivity contribution in [2.75, 3.05) is 14.2 Å². The summed E-state index contributed by atoms with van der Waals surface area (Å²) in [6, 6.07) is 7.06. The van der Waals surface area contributed by atoms with Crippen molar-refractivity contribution >= 4 is 5.78 Å². The van der Waals surface area contributed by atoms with E-state index in [2.05, 4.69) is 6.07 Å². The summed E-state index contributed by atoms with van der Waals surface area (Å²) in [6.07, 6.45) is 0.546. The van der Waals surface area contributed by atoms with E-state index < -0.39 is 5.92 Å². The first kappa shape index (κ1) is 15.0. The summed E-state index contributed by atoms with van der Waals surface area (Å²) >= 11 is 0. The number of rotatable bonds is 6. The molecule has 0 saturated heterocycles. The third-order valence-electron chi connectivity index (χ3n) is 2.85. The largest absolute Gasteiger partial charge is 0.497 e. The van der Waals surface area contributed by atoms with Gasteiger partial charge in [-0.1, -0.05) is 13.8 Å². The normalized spacial score (nSPS) is 11.8. The molecular formula is C15H19NO3. The Balaban J connectivity index is 3.08. The zero-order valence-corrected chi connectivity index (χ0v) is 11.8. The zero-order chi connectivity index (χ0) is 14.4. The lowest BCUT2D eigenvalue weighted by molar-refractivity contribution is 0.0934. The van der Waals surface area contributed by atoms with Crippen molar-refractivity contribution in [1.82, 2.24) is 0 Å². The summed E-state index contributed by atoms with van der Waals surface area (Å²) in [5, 5.41) is 9.13. The highest BCUT2D eigenvalue weighted by atomic mass is 16.5. The van der Waals surface area contributed by atoms with Gasteiger partial charge in [-0.25, -0.2) is 0 Å². The number of methoxy groups -OCH3 is 2. The van der Waals surface area contributed by atoms with Crippen LogP contribution in [0, 0.1) is 23.2 Å². The molecule has 1 unspecified atom stereocenters. The standard InChI is InChI=1S/C15H19NO3/c1-10(2)7-11(9-16)15(17)13-6-5-12(18-3)8-14(13)19-4/h5-6,8,10-11H,7H2,1-4H3. The van der Waals surface area contributed by atoms with Crippen LogP contribution in [0.5, 0.6) is 11.5 Å². The molecule has 0 aliphatic rings. The van der Waals surface area contributed by atoms with Gasteiger partial charge in [0, 0.05) is 6.07 Å². The average Bonchev–Trinajstić information content (AvgIpc) is 2.42. The van der Waals surface area contributed by atoms with Crippen molar-refractivity contribution < 1.29 is 14.3 Å². The minimum atomic E-state index is -0.637. The van der Waals surface area contributed by atoms with Gasteiger partial charge in [-0.05, 0) is 24.5 Å². The lowest BCUT2D eigenvalue weighted by Crippen LogP contribution is -2.16. The van der Waals surface area contributed by atoms with E-state index in [1.807, 2.05) is 13.8 Å². The summed E-state index contributed by atoms with van der Waals surface area (Å²) in [4.78, 5) is 12.3. The number of hydrogen-bond donors (Lipinski definition) is 0. The van der Waals surface area contributed by atoms with Gasteiger partial charge in [0.1, 0.15) is 17.4 Å². The minimum absolute atomic E-state index is 0.198. The molecule has 0 aliphatic heterocycles. The number of carbonyl (C=O) groups is 1. The number of ether oxygens (including phenoxy) is 2. The molecule has 1 aromatic carbocycles. The van der Waals surface area contributed by atoms with Gasteiger partial charge < -0.3 is 9.47 Å². The third-order valence-corrected chi connectivity index (χ3v) is 2.85. The Labute approximate surface area is 113 Å². The van der Waals surface area contributed by atoms with E-state index in [0.717, 1.165) is 0 Å². The van der Waals surface area contributed by atoms with E-state index in [1.165, 1.54) is 7.11 Å². The predicted octanol–water partition coefficient (Wildman–Crippen LogP) is 3.07. The number of carbonyl (C=O) groups excluding carboxylic acids is 1. The van der Waals surface area contributed by atoms with E-state index in [1.54, 1.807) is 25.3 Å². The molecule has 0 saturated carbocycles. The highest BCUT2D eigenvalue weighted by Crippen LogP contribution is 2.28. The van der Waals surface area contributed by atoms with Gasteiger partial charge >= 0.3 is 0 Å². The Kier molecular flexibility index (Phi) is 5.37. The van der Waals surface area contributed by atoms with Gasteiger partial charge in [0.2, 0.25) is 0 Å². The molecule has 1 atom stereocenters. The van der Waals surface area contributed by atoms with Gasteiger partial charge in [0.25, 0.3) is 0 Å². The fraction of sp³-hybridized carbons (Fsp3) is 0.467. The topological polar surface area (TPSA) is 59.3 Å². The van der Waals surface area contributed by atoms with E-state index >= 15 is 0 Å². The van der Waals surface area contributed by atoms with Crippen molar-refractivity contribution in [1.29, 1.82) is 5.26 Å². The molecule has 19 heavy (non-hydrogen) atoms. The molecule has 1 aromatic rings. The summed E-state index contributed by atoms with van der Waals surface area (Å²) in [7, 11) is 3.04. The molecule has 102 valence electrons. The molecule has 0 fully saturated rings. The number of Topliss-reactive ketones (excluding diaryl/α,β-unsaturated/α-hetero) is 1. The molecule has 0 N–H and O–H groups in total. The Morgan fingerprint density at radius 3 is 2.47 bits per heavy atom. The summed E-state index contributed by atoms with van der Waals surface area (Å²) in [5.74, 6) is 0.509. The maximum Gasteiger partial charge on any atom is 0.183 e. The molecule has 1 rings (SSSR count). The molecule has 0 bridgehead atoms. The summed E-state index contributed by atoms with van der Waals surface area (Å²) in [5.41, 5.74) is 0.426. The third kappa shape index (κ3) is 3.72. The minimum Gasteiger partial charge on any atom is -0.497 e. The first-order valence-corrected chi connectivity index (χ1v) is 6.19. The number of ketones is 1. The molecule has 4 nitrogen and oxygen atoms in total. The van der Waals surface area contributed by atoms with Crippen molar-refractivity contribution in [2.24, 2.45) is 11.8 Å². The monoisotopic (exact) mass is 261 g/mol. The SMILES string of the molecule is COc1ccc(C(=O)C(C#N)CC(C)C)c(OC)c1. The maximum atomic E-state index is 12.3. The van der Waals surface area contributed by atoms with Gasteiger partial charge in [-0.2, -0.15) is 5.26 Å². The lowest BCUT2D eigenvalue weighted by atomic mass is 9.90. The number of benzene rings is 1. The highest BCUT2D eigenvalue weighted by molar-refractivity contribution is 6.01. The van der Waals surface area contributed by atoms with E-state index in [4.69, 9.17) is 14.7 Å². The van der Waals surface area contributed by atoms with Crippen molar-refractivity contribution in [3.05, 3.63) is 23.8 Å². The van der Waals surface area contributed by atoms with Crippen LogP contribution < -0.4 is 9.47 Å². The second-order valence-corrected chi connectivity index (χ2v) is 4.74. The van der Waals surface area contributed by atoms with E-state index in [9.17, 15) is 4.79 Å². The quantitative estimate of drug-likeness (QED) is 0.738. The van der Waals surface area contributed by atoms with Crippen molar-refractivity contribution in [3.8, 4) is 17.6 Å². The Morgan fingerprint density at radius 2 is 2.00 bits per heavy atom. The molecule has 0 aromatic heterocycles. The second-order valence-electron chi connectivity index (χ2n) is 4.74. The molecule has 0 amide bonds. The van der Waals surface area contributed by atoms with Crippen LogP contribution in [0.1, 0.15) is 30.6 Å². The summed E-state index contributed by atoms with van der Waals surface area (Å²) < 4.78 is 10.3. The van der Waals surface area contributed by atoms with Crippen LogP contribution in [0.2, 0.25) is 0 Å². The second kappa shape index (κ2) is 6.79. The fourth-order valence-corrected chi connectivity index (χ4v) is 1.88. The molecule has 0 spiro atoms. The van der Waals surface area contributed by atoms with Crippen molar-refractivity contribution in [3.63, 3.8) is 0 Å². The molecular weight excluding hydrogens is 242 g/mol. The van der Waals surface area contributed by atoms with Crippen LogP contribution in [0.15, 0.2) is 18.2 Å². The van der Waals surface area contributed by atoms with Crippen LogP contribution in [0.25, 0.3) is 0 Å². The first-order valence-electron chi connectivity index (χ1n) is 6.19. The van der Waals surface area contributed by atoms with Gasteiger partial charge in [0.05, 0.1) is 25.9 Å². The molecule has 4 heteroatoms. The van der Waals surface area contributed by atoms with Gasteiger partial charge in [-0.15, -0.1) is 0 Å². The highest BCUT2D eigenvalue weighted by Gasteiger charge is 2.23. The van der Waals surface area contributed by atoms with Crippen LogP contribution in [0.4, 0.5) is 0 Å². The van der Waals surface area contributed by atoms with Crippen LogP contribution >= 0.6 is 0 Å². The van der Waals surface area contributed by atoms with E-state index in [0.29, 0.717) is 23.5 Å². The van der Waals surface area contributed by atoms with Gasteiger partial charge in [0.15, 0.2) is 5.78 Å². The molecule has 0 aliphatic carbocycles. The van der Waals surface area contributed by atoms with Gasteiger partial charge in [-0.3, -0.25) is 4.79 Å². The Hall–Kier alpha value is -2.02. The van der Waals surface area contributed by atoms with Crippen LogP contribution in [-0.4, -0.2) is 20.0 Å². The Morgan fingerprint density at radius 1 is 1.32 bits per heavy atom. The average molecular weight is 261 g/mol. The van der Waals surface area contributed by atoms with E-state index in [-0.39, 0.29) is 11.7 Å². The van der Waals surface area contributed by atoms with Crippen LogP contribution in [0.3, 0.4) is 0 Å². The predicted molar refractivity (Wildman–Crippen MR) is 72.4 cm³/mol. The number of nitrogens with zero attached hydrogens (tertiary/aromatic N) is 1. The zero-order valence-electron chi connectivity index (χ0n) is 11.8. The number of hydrogen-bond acceptors (Lipinski definition) is 4. The number of nitriles is 1. The summed E-state index contributed by atoms with van der Waals surface area (Å²) in [6.45, 7) is 3.98. The van der Waals surface area contributed by atoms with Crippen molar-refractivity contribution in [2.45, 2.75) is 20.3 Å².